The van der Waals surface area contributed by atoms with Crippen molar-refractivity contribution < 1.29 is 4.39 Å². The van der Waals surface area contributed by atoms with Crippen LogP contribution in [0.15, 0.2) is 12.1 Å². The van der Waals surface area contributed by atoms with Crippen molar-refractivity contribution in [3.05, 3.63) is 34.6 Å². The fraction of sp³-hybridized carbons (Fsp3) is 0.182. The zero-order chi connectivity index (χ0) is 9.84. The van der Waals surface area contributed by atoms with Gasteiger partial charge in [-0.1, -0.05) is 5.92 Å². The van der Waals surface area contributed by atoms with Crippen LogP contribution in [0.3, 0.4) is 0 Å². The minimum absolute atomic E-state index is 0.206. The lowest BCUT2D eigenvalue weighted by Gasteiger charge is -2.00. The van der Waals surface area contributed by atoms with Gasteiger partial charge in [-0.2, -0.15) is 5.26 Å². The van der Waals surface area contributed by atoms with Crippen molar-refractivity contribution >= 4 is 0 Å². The Balaban J connectivity index is 3.23. The molecule has 2 heteroatoms. The number of rotatable bonds is 0. The van der Waals surface area contributed by atoms with Crippen LogP contribution in [0.25, 0.3) is 0 Å². The van der Waals surface area contributed by atoms with E-state index in [1.54, 1.807) is 32.0 Å². The second-order valence-corrected chi connectivity index (χ2v) is 2.79. The van der Waals surface area contributed by atoms with E-state index >= 15 is 0 Å². The Morgan fingerprint density at radius 1 is 1.23 bits per heavy atom. The van der Waals surface area contributed by atoms with Crippen molar-refractivity contribution in [3.63, 3.8) is 0 Å². The van der Waals surface area contributed by atoms with Crippen molar-refractivity contribution in [2.24, 2.45) is 0 Å². The Morgan fingerprint density at radius 2 is 1.77 bits per heavy atom. The molecular formula is C11H8FN. The summed E-state index contributed by atoms with van der Waals surface area (Å²) in [7, 11) is 0. The Bertz CT molecular complexity index is 407. The quantitative estimate of drug-likeness (QED) is 0.552. The minimum Gasteiger partial charge on any atom is -0.206 e. The highest BCUT2D eigenvalue weighted by atomic mass is 19.1. The lowest BCUT2D eigenvalue weighted by Crippen LogP contribution is -1.89. The first-order valence-corrected chi connectivity index (χ1v) is 3.82. The summed E-state index contributed by atoms with van der Waals surface area (Å²) in [5.74, 6) is 4.69. The van der Waals surface area contributed by atoms with Gasteiger partial charge in [0.1, 0.15) is 5.82 Å². The van der Waals surface area contributed by atoms with Crippen LogP contribution in [-0.4, -0.2) is 0 Å². The van der Waals surface area contributed by atoms with Gasteiger partial charge in [0.05, 0.1) is 0 Å². The number of nitrogens with zero attached hydrogens (tertiary/aromatic N) is 1. The van der Waals surface area contributed by atoms with E-state index in [9.17, 15) is 4.39 Å². The SMILES string of the molecule is Cc1cc(C#CC#N)cc(C)c1F. The van der Waals surface area contributed by atoms with Crippen LogP contribution in [0.2, 0.25) is 0 Å². The molecule has 0 fully saturated rings. The van der Waals surface area contributed by atoms with Gasteiger partial charge in [0.15, 0.2) is 6.07 Å². The monoisotopic (exact) mass is 173 g/mol. The van der Waals surface area contributed by atoms with Crippen LogP contribution < -0.4 is 0 Å². The molecular weight excluding hydrogens is 165 g/mol. The first-order chi connectivity index (χ1) is 6.15. The van der Waals surface area contributed by atoms with E-state index in [1.165, 1.54) is 0 Å². The van der Waals surface area contributed by atoms with Crippen molar-refractivity contribution in [3.8, 4) is 17.9 Å². The third-order valence-corrected chi connectivity index (χ3v) is 1.70. The van der Waals surface area contributed by atoms with E-state index in [0.717, 1.165) is 0 Å². The Morgan fingerprint density at radius 3 is 2.23 bits per heavy atom. The molecule has 0 aliphatic rings. The van der Waals surface area contributed by atoms with E-state index in [4.69, 9.17) is 5.26 Å². The van der Waals surface area contributed by atoms with Gasteiger partial charge in [-0.3, -0.25) is 0 Å². The predicted octanol–water partition coefficient (Wildman–Crippen LogP) is 2.32. The molecule has 0 N–H and O–H groups in total. The number of hydrogen-bond acceptors (Lipinski definition) is 1. The van der Waals surface area contributed by atoms with Gasteiger partial charge in [-0.05, 0) is 37.1 Å². The molecule has 0 heterocycles. The van der Waals surface area contributed by atoms with Crippen LogP contribution >= 0.6 is 0 Å². The van der Waals surface area contributed by atoms with Crippen LogP contribution in [0.1, 0.15) is 16.7 Å². The molecule has 1 rings (SSSR count). The number of hydrogen-bond donors (Lipinski definition) is 0. The molecule has 0 radical (unpaired) electrons. The standard InChI is InChI=1S/C11H8FN/c1-8-6-10(4-3-5-13)7-9(2)11(8)12/h6-7H,1-2H3. The molecule has 1 aromatic carbocycles. The van der Waals surface area contributed by atoms with Gasteiger partial charge in [0.25, 0.3) is 0 Å². The molecule has 0 spiro atoms. The molecule has 1 aromatic rings. The largest absolute Gasteiger partial charge is 0.206 e. The van der Waals surface area contributed by atoms with Crippen LogP contribution in [-0.2, 0) is 0 Å². The molecule has 0 aliphatic heterocycles. The lowest BCUT2D eigenvalue weighted by molar-refractivity contribution is 0.609. The molecule has 0 unspecified atom stereocenters. The molecule has 13 heavy (non-hydrogen) atoms. The lowest BCUT2D eigenvalue weighted by atomic mass is 10.1. The average molecular weight is 173 g/mol. The highest BCUT2D eigenvalue weighted by Gasteiger charge is 2.01. The van der Waals surface area contributed by atoms with Gasteiger partial charge in [0, 0.05) is 11.5 Å². The molecule has 1 nitrogen and oxygen atoms in total. The molecule has 0 bridgehead atoms. The summed E-state index contributed by atoms with van der Waals surface area (Å²) in [6, 6.07) is 4.98. The van der Waals surface area contributed by atoms with Gasteiger partial charge >= 0.3 is 0 Å². The normalized spacial score (nSPS) is 8.46. The first-order valence-electron chi connectivity index (χ1n) is 3.82. The maximum Gasteiger partial charge on any atom is 0.152 e. The van der Waals surface area contributed by atoms with Crippen molar-refractivity contribution in [1.29, 1.82) is 5.26 Å². The molecule has 0 aromatic heterocycles. The van der Waals surface area contributed by atoms with Gasteiger partial charge < -0.3 is 0 Å². The molecule has 0 saturated heterocycles. The van der Waals surface area contributed by atoms with Crippen molar-refractivity contribution in [1.82, 2.24) is 0 Å². The molecule has 0 atom stereocenters. The summed E-state index contributed by atoms with van der Waals surface area (Å²) in [6.45, 7) is 3.36. The van der Waals surface area contributed by atoms with E-state index in [-0.39, 0.29) is 5.82 Å². The van der Waals surface area contributed by atoms with E-state index in [2.05, 4.69) is 11.8 Å². The summed E-state index contributed by atoms with van der Waals surface area (Å²) in [5, 5.41) is 8.22. The summed E-state index contributed by atoms with van der Waals surface area (Å²) in [6.07, 6.45) is 0. The summed E-state index contributed by atoms with van der Waals surface area (Å²) in [5.41, 5.74) is 1.79. The highest BCUT2D eigenvalue weighted by Crippen LogP contribution is 2.13. The third-order valence-electron chi connectivity index (χ3n) is 1.70. The summed E-state index contributed by atoms with van der Waals surface area (Å²) < 4.78 is 13.1. The Hall–Kier alpha value is -1.80. The second kappa shape index (κ2) is 3.74. The number of nitriles is 1. The van der Waals surface area contributed by atoms with E-state index in [0.29, 0.717) is 16.7 Å². The van der Waals surface area contributed by atoms with Gasteiger partial charge in [-0.15, -0.1) is 0 Å². The fourth-order valence-corrected chi connectivity index (χ4v) is 1.12. The summed E-state index contributed by atoms with van der Waals surface area (Å²) in [4.78, 5) is 0. The van der Waals surface area contributed by atoms with E-state index in [1.807, 2.05) is 0 Å². The average Bonchev–Trinajstić information content (AvgIpc) is 2.10. The van der Waals surface area contributed by atoms with Crippen LogP contribution in [0, 0.1) is 42.8 Å². The maximum atomic E-state index is 13.1. The zero-order valence-corrected chi connectivity index (χ0v) is 7.48. The molecule has 0 aliphatic carbocycles. The van der Waals surface area contributed by atoms with Crippen LogP contribution in [0.4, 0.5) is 4.39 Å². The number of benzene rings is 1. The Kier molecular flexibility index (Phi) is 2.67. The molecule has 64 valence electrons. The second-order valence-electron chi connectivity index (χ2n) is 2.79. The topological polar surface area (TPSA) is 23.8 Å². The van der Waals surface area contributed by atoms with Crippen molar-refractivity contribution in [2.75, 3.05) is 0 Å². The minimum atomic E-state index is -0.206. The third kappa shape index (κ3) is 2.07. The predicted molar refractivity (Wildman–Crippen MR) is 48.4 cm³/mol. The highest BCUT2D eigenvalue weighted by molar-refractivity contribution is 5.42. The summed E-state index contributed by atoms with van der Waals surface area (Å²) >= 11 is 0. The van der Waals surface area contributed by atoms with Crippen LogP contribution in [0.5, 0.6) is 0 Å². The number of aryl methyl sites for hydroxylation is 2. The van der Waals surface area contributed by atoms with E-state index < -0.39 is 0 Å². The smallest absolute Gasteiger partial charge is 0.152 e. The number of halogens is 1. The zero-order valence-electron chi connectivity index (χ0n) is 7.48. The van der Waals surface area contributed by atoms with Gasteiger partial charge in [-0.25, -0.2) is 4.39 Å². The Labute approximate surface area is 76.8 Å². The van der Waals surface area contributed by atoms with Gasteiger partial charge in [0.2, 0.25) is 0 Å². The first kappa shape index (κ1) is 9.29. The molecule has 0 amide bonds. The fourth-order valence-electron chi connectivity index (χ4n) is 1.12. The molecule has 0 saturated carbocycles. The maximum absolute atomic E-state index is 13.1. The van der Waals surface area contributed by atoms with Crippen molar-refractivity contribution in [2.45, 2.75) is 13.8 Å².